The SMILES string of the molecule is CCCCCOC[N+](C)(C)Cc1cc(N=Nc2ccc(C)cc2)ccc1O.[Cl-]. The number of quaternary nitrogens is 1. The van der Waals surface area contributed by atoms with Gasteiger partial charge in [-0.05, 0) is 43.7 Å². The quantitative estimate of drug-likeness (QED) is 0.286. The minimum Gasteiger partial charge on any atom is -1.00 e. The molecule has 0 radical (unpaired) electrons. The molecule has 2 aromatic carbocycles. The number of rotatable bonds is 10. The molecule has 0 heterocycles. The summed E-state index contributed by atoms with van der Waals surface area (Å²) < 4.78 is 6.44. The molecule has 2 aromatic rings. The fraction of sp³-hybridized carbons (Fsp3) is 0.455. The van der Waals surface area contributed by atoms with E-state index in [0.717, 1.165) is 30.0 Å². The minimum atomic E-state index is 0. The number of phenols is 1. The Hall–Kier alpha value is -1.95. The van der Waals surface area contributed by atoms with E-state index in [1.54, 1.807) is 12.1 Å². The highest BCUT2D eigenvalue weighted by Gasteiger charge is 2.18. The molecule has 0 aliphatic rings. The summed E-state index contributed by atoms with van der Waals surface area (Å²) in [7, 11) is 4.19. The van der Waals surface area contributed by atoms with Gasteiger partial charge in [-0.15, -0.1) is 0 Å². The zero-order valence-corrected chi connectivity index (χ0v) is 18.1. The number of aromatic hydroxyl groups is 1. The van der Waals surface area contributed by atoms with Crippen molar-refractivity contribution in [3.05, 3.63) is 53.6 Å². The first-order valence-corrected chi connectivity index (χ1v) is 9.60. The Morgan fingerprint density at radius 1 is 0.964 bits per heavy atom. The molecule has 0 saturated carbocycles. The molecule has 0 atom stereocenters. The van der Waals surface area contributed by atoms with Gasteiger partial charge in [0.2, 0.25) is 0 Å². The summed E-state index contributed by atoms with van der Waals surface area (Å²) in [6.07, 6.45) is 3.48. The lowest BCUT2D eigenvalue weighted by Gasteiger charge is -2.29. The maximum atomic E-state index is 10.2. The molecule has 5 nitrogen and oxygen atoms in total. The Kier molecular flexibility index (Phi) is 10.1. The van der Waals surface area contributed by atoms with Gasteiger partial charge in [-0.25, -0.2) is 0 Å². The van der Waals surface area contributed by atoms with E-state index in [9.17, 15) is 5.11 Å². The van der Waals surface area contributed by atoms with Crippen LogP contribution in [0.1, 0.15) is 37.3 Å². The minimum absolute atomic E-state index is 0. The van der Waals surface area contributed by atoms with Crippen LogP contribution in [0.3, 0.4) is 0 Å². The topological polar surface area (TPSA) is 54.2 Å². The molecule has 0 bridgehead atoms. The van der Waals surface area contributed by atoms with E-state index in [0.29, 0.717) is 17.8 Å². The summed E-state index contributed by atoms with van der Waals surface area (Å²) in [6, 6.07) is 13.3. The largest absolute Gasteiger partial charge is 1.00 e. The van der Waals surface area contributed by atoms with E-state index >= 15 is 0 Å². The highest BCUT2D eigenvalue weighted by molar-refractivity contribution is 5.47. The maximum absolute atomic E-state index is 10.2. The van der Waals surface area contributed by atoms with E-state index in [-0.39, 0.29) is 18.2 Å². The third kappa shape index (κ3) is 8.38. The summed E-state index contributed by atoms with van der Waals surface area (Å²) in [5.41, 5.74) is 3.58. The lowest BCUT2D eigenvalue weighted by Crippen LogP contribution is -3.00. The predicted molar refractivity (Wildman–Crippen MR) is 110 cm³/mol. The van der Waals surface area contributed by atoms with E-state index in [4.69, 9.17) is 4.74 Å². The molecule has 0 aromatic heterocycles. The van der Waals surface area contributed by atoms with Gasteiger partial charge in [-0.1, -0.05) is 37.5 Å². The maximum Gasteiger partial charge on any atom is 0.182 e. The predicted octanol–water partition coefficient (Wildman–Crippen LogP) is 2.86. The molecule has 0 spiro atoms. The molecule has 0 unspecified atom stereocenters. The average Bonchev–Trinajstić information content (AvgIpc) is 2.63. The second-order valence-electron chi connectivity index (χ2n) is 7.69. The van der Waals surface area contributed by atoms with Crippen molar-refractivity contribution in [1.29, 1.82) is 0 Å². The van der Waals surface area contributed by atoms with Crippen LogP contribution in [0, 0.1) is 6.92 Å². The Balaban J connectivity index is 0.00000392. The summed E-state index contributed by atoms with van der Waals surface area (Å²) in [4.78, 5) is 0. The van der Waals surface area contributed by atoms with Crippen LogP contribution in [0.15, 0.2) is 52.7 Å². The fourth-order valence-electron chi connectivity index (χ4n) is 2.76. The van der Waals surface area contributed by atoms with Gasteiger partial charge in [0.05, 0.1) is 37.6 Å². The molecule has 0 aliphatic heterocycles. The molecule has 28 heavy (non-hydrogen) atoms. The van der Waals surface area contributed by atoms with Crippen LogP contribution in [0.4, 0.5) is 11.4 Å². The zero-order chi connectivity index (χ0) is 19.7. The Labute approximate surface area is 175 Å². The first-order valence-electron chi connectivity index (χ1n) is 9.60. The van der Waals surface area contributed by atoms with Gasteiger partial charge in [0, 0.05) is 0 Å². The standard InChI is InChI=1S/C22H31N3O2.ClH/c1-5-6-7-14-27-17-25(3,4)16-19-15-21(12-13-22(19)26)24-23-20-10-8-18(2)9-11-20;/h8-13,15H,5-7,14,16-17H2,1-4H3;1H. The average molecular weight is 406 g/mol. The molecular weight excluding hydrogens is 374 g/mol. The van der Waals surface area contributed by atoms with Gasteiger partial charge in [0.25, 0.3) is 0 Å². The van der Waals surface area contributed by atoms with Crippen LogP contribution >= 0.6 is 0 Å². The van der Waals surface area contributed by atoms with Crippen molar-refractivity contribution in [1.82, 2.24) is 0 Å². The smallest absolute Gasteiger partial charge is 0.182 e. The molecule has 1 N–H and O–H groups in total. The zero-order valence-electron chi connectivity index (χ0n) is 17.4. The number of benzene rings is 2. The molecule has 0 amide bonds. The third-order valence-corrected chi connectivity index (χ3v) is 4.31. The number of halogens is 1. The number of azo groups is 1. The number of hydrogen-bond donors (Lipinski definition) is 1. The Morgan fingerprint density at radius 3 is 2.29 bits per heavy atom. The number of nitrogens with zero attached hydrogens (tertiary/aromatic N) is 3. The molecule has 0 saturated heterocycles. The summed E-state index contributed by atoms with van der Waals surface area (Å²) in [5.74, 6) is 0.279. The first-order chi connectivity index (χ1) is 12.9. The van der Waals surface area contributed by atoms with Gasteiger partial charge in [0.15, 0.2) is 6.73 Å². The molecular formula is C22H32ClN3O2. The summed E-state index contributed by atoms with van der Waals surface area (Å²) in [6.45, 7) is 6.28. The second kappa shape index (κ2) is 11.8. The van der Waals surface area contributed by atoms with Crippen molar-refractivity contribution in [2.75, 3.05) is 27.4 Å². The molecule has 0 aliphatic carbocycles. The van der Waals surface area contributed by atoms with Crippen LogP contribution < -0.4 is 12.4 Å². The van der Waals surface area contributed by atoms with Crippen molar-refractivity contribution in [2.24, 2.45) is 10.2 Å². The third-order valence-electron chi connectivity index (χ3n) is 4.31. The van der Waals surface area contributed by atoms with E-state index in [1.165, 1.54) is 18.4 Å². The summed E-state index contributed by atoms with van der Waals surface area (Å²) in [5, 5.41) is 18.8. The number of hydrogen-bond acceptors (Lipinski definition) is 4. The number of unbranched alkanes of at least 4 members (excludes halogenated alkanes) is 2. The number of ether oxygens (including phenoxy) is 1. The normalized spacial score (nSPS) is 11.6. The van der Waals surface area contributed by atoms with Gasteiger partial charge in [0.1, 0.15) is 12.3 Å². The van der Waals surface area contributed by atoms with Crippen molar-refractivity contribution in [3.8, 4) is 5.75 Å². The van der Waals surface area contributed by atoms with Gasteiger partial charge in [-0.3, -0.25) is 0 Å². The van der Waals surface area contributed by atoms with E-state index in [2.05, 4.69) is 31.2 Å². The molecule has 154 valence electrons. The van der Waals surface area contributed by atoms with Crippen molar-refractivity contribution in [2.45, 2.75) is 39.7 Å². The highest BCUT2D eigenvalue weighted by atomic mass is 35.5. The van der Waals surface area contributed by atoms with Crippen LogP contribution in [-0.2, 0) is 11.3 Å². The highest BCUT2D eigenvalue weighted by Crippen LogP contribution is 2.27. The Morgan fingerprint density at radius 2 is 1.61 bits per heavy atom. The monoisotopic (exact) mass is 405 g/mol. The van der Waals surface area contributed by atoms with Crippen molar-refractivity contribution < 1.29 is 26.7 Å². The Bertz CT molecular complexity index is 746. The van der Waals surface area contributed by atoms with Crippen molar-refractivity contribution in [3.63, 3.8) is 0 Å². The lowest BCUT2D eigenvalue weighted by atomic mass is 10.1. The van der Waals surface area contributed by atoms with E-state index in [1.807, 2.05) is 37.3 Å². The van der Waals surface area contributed by atoms with Gasteiger partial charge >= 0.3 is 0 Å². The molecule has 2 rings (SSSR count). The fourth-order valence-corrected chi connectivity index (χ4v) is 2.76. The number of aryl methyl sites for hydroxylation is 1. The van der Waals surface area contributed by atoms with Gasteiger partial charge in [-0.2, -0.15) is 10.2 Å². The van der Waals surface area contributed by atoms with E-state index < -0.39 is 0 Å². The number of phenolic OH excluding ortho intramolecular Hbond substituents is 1. The second-order valence-corrected chi connectivity index (χ2v) is 7.69. The summed E-state index contributed by atoms with van der Waals surface area (Å²) >= 11 is 0. The van der Waals surface area contributed by atoms with Crippen LogP contribution in [0.2, 0.25) is 0 Å². The van der Waals surface area contributed by atoms with Crippen molar-refractivity contribution >= 4 is 11.4 Å². The van der Waals surface area contributed by atoms with Crippen LogP contribution in [0.25, 0.3) is 0 Å². The van der Waals surface area contributed by atoms with Gasteiger partial charge < -0.3 is 26.7 Å². The van der Waals surface area contributed by atoms with Crippen LogP contribution in [0.5, 0.6) is 5.75 Å². The lowest BCUT2D eigenvalue weighted by molar-refractivity contribution is -0.922. The first kappa shape index (κ1) is 24.1. The van der Waals surface area contributed by atoms with Crippen LogP contribution in [-0.4, -0.2) is 37.0 Å². The molecule has 6 heteroatoms. The molecule has 0 fully saturated rings.